The maximum Gasteiger partial charge on any atom is 0.245 e. The smallest absolute Gasteiger partial charge is 0.245 e. The molecular weight excluding hydrogens is 651 g/mol. The normalized spacial score (nSPS) is 17.5. The van der Waals surface area contributed by atoms with Gasteiger partial charge in [-0.05, 0) is 55.5 Å². The molecule has 3 heterocycles. The Balaban J connectivity index is 1.28. The first-order valence-electron chi connectivity index (χ1n) is 18.3. The predicted molar refractivity (Wildman–Crippen MR) is 193 cm³/mol. The number of nitrogens with zero attached hydrogens (tertiary/aromatic N) is 5. The first-order chi connectivity index (χ1) is 24.7. The highest BCUT2D eigenvalue weighted by molar-refractivity contribution is 6.11. The van der Waals surface area contributed by atoms with Crippen molar-refractivity contribution < 1.29 is 23.6 Å². The van der Waals surface area contributed by atoms with Crippen LogP contribution in [0.15, 0.2) is 54.9 Å². The van der Waals surface area contributed by atoms with Crippen LogP contribution in [0.5, 0.6) is 0 Å². The average Bonchev–Trinajstić information content (AvgIpc) is 3.42. The SMILES string of the molecule is CCC(=O)N[C@@H](C(=O)N1CCN(Cc2ccccn2)CC1)[C@@H](C)c1ccc(NC(=O)[C@@H](C(=O)Nc2ccnn2CC)C2CCCCCC2)c(F)c1. The number of carbonyl (C=O) groups excluding carboxylic acids is 4. The Kier molecular flexibility index (Phi) is 13.3. The van der Waals surface area contributed by atoms with Crippen LogP contribution in [0, 0.1) is 17.7 Å². The van der Waals surface area contributed by atoms with Crippen molar-refractivity contribution in [3.05, 3.63) is 71.9 Å². The van der Waals surface area contributed by atoms with Crippen molar-refractivity contribution in [2.24, 2.45) is 11.8 Å². The molecule has 3 N–H and O–H groups in total. The first-order valence-corrected chi connectivity index (χ1v) is 18.3. The van der Waals surface area contributed by atoms with Crippen LogP contribution in [-0.2, 0) is 32.3 Å². The summed E-state index contributed by atoms with van der Waals surface area (Å²) in [4.78, 5) is 62.3. The van der Waals surface area contributed by atoms with Crippen LogP contribution in [-0.4, -0.2) is 80.4 Å². The lowest BCUT2D eigenvalue weighted by atomic mass is 9.84. The van der Waals surface area contributed by atoms with E-state index < -0.39 is 35.5 Å². The number of aromatic nitrogens is 3. The molecule has 51 heavy (non-hydrogen) atoms. The molecule has 4 amide bonds. The maximum atomic E-state index is 15.8. The minimum absolute atomic E-state index is 0.0505. The molecule has 274 valence electrons. The molecule has 5 rings (SSSR count). The van der Waals surface area contributed by atoms with Gasteiger partial charge in [0.25, 0.3) is 0 Å². The van der Waals surface area contributed by atoms with Gasteiger partial charge in [-0.15, -0.1) is 0 Å². The monoisotopic (exact) mass is 702 g/mol. The molecule has 13 heteroatoms. The molecule has 2 aromatic heterocycles. The van der Waals surface area contributed by atoms with Gasteiger partial charge >= 0.3 is 0 Å². The fourth-order valence-electron chi connectivity index (χ4n) is 7.13. The quantitative estimate of drug-likeness (QED) is 0.169. The molecular formula is C38H51FN8O4. The summed E-state index contributed by atoms with van der Waals surface area (Å²) in [7, 11) is 0. The fraction of sp³-hybridized carbons (Fsp3) is 0.526. The highest BCUT2D eigenvalue weighted by atomic mass is 19.1. The molecule has 2 aliphatic rings. The van der Waals surface area contributed by atoms with E-state index in [-0.39, 0.29) is 29.8 Å². The van der Waals surface area contributed by atoms with E-state index >= 15 is 4.39 Å². The second-order valence-corrected chi connectivity index (χ2v) is 13.6. The van der Waals surface area contributed by atoms with Gasteiger partial charge in [0.15, 0.2) is 0 Å². The number of aryl methyl sites for hydroxylation is 1. The maximum absolute atomic E-state index is 15.8. The van der Waals surface area contributed by atoms with Gasteiger partial charge in [-0.1, -0.05) is 51.7 Å². The van der Waals surface area contributed by atoms with E-state index in [0.29, 0.717) is 50.6 Å². The first kappa shape index (κ1) is 37.6. The molecule has 1 aliphatic carbocycles. The number of amides is 4. The molecule has 1 aromatic carbocycles. The molecule has 3 aromatic rings. The topological polar surface area (TPSA) is 142 Å². The number of halogens is 1. The molecule has 0 unspecified atom stereocenters. The minimum Gasteiger partial charge on any atom is -0.344 e. The Morgan fingerprint density at radius 3 is 2.27 bits per heavy atom. The van der Waals surface area contributed by atoms with Gasteiger partial charge < -0.3 is 20.9 Å². The average molecular weight is 703 g/mol. The van der Waals surface area contributed by atoms with E-state index in [1.165, 1.54) is 12.1 Å². The van der Waals surface area contributed by atoms with E-state index in [2.05, 4.69) is 30.9 Å². The zero-order valence-corrected chi connectivity index (χ0v) is 29.9. The summed E-state index contributed by atoms with van der Waals surface area (Å²) >= 11 is 0. The molecule has 1 saturated heterocycles. The van der Waals surface area contributed by atoms with Crippen molar-refractivity contribution in [2.75, 3.05) is 36.8 Å². The van der Waals surface area contributed by atoms with Gasteiger partial charge in [-0.25, -0.2) is 9.07 Å². The van der Waals surface area contributed by atoms with E-state index in [4.69, 9.17) is 0 Å². The van der Waals surface area contributed by atoms with Crippen LogP contribution >= 0.6 is 0 Å². The third-order valence-corrected chi connectivity index (χ3v) is 10.2. The number of hydrogen-bond donors (Lipinski definition) is 3. The van der Waals surface area contributed by atoms with E-state index in [0.717, 1.165) is 44.2 Å². The van der Waals surface area contributed by atoms with Crippen molar-refractivity contribution in [2.45, 2.75) is 90.8 Å². The second kappa shape index (κ2) is 18.0. The van der Waals surface area contributed by atoms with Crippen molar-refractivity contribution in [3.8, 4) is 0 Å². The van der Waals surface area contributed by atoms with Crippen molar-refractivity contribution in [3.63, 3.8) is 0 Å². The number of carbonyl (C=O) groups is 4. The van der Waals surface area contributed by atoms with Crippen LogP contribution in [0.1, 0.15) is 82.9 Å². The Morgan fingerprint density at radius 1 is 0.902 bits per heavy atom. The molecule has 3 atom stereocenters. The van der Waals surface area contributed by atoms with Crippen molar-refractivity contribution in [1.29, 1.82) is 0 Å². The molecule has 2 fully saturated rings. The number of benzene rings is 1. The van der Waals surface area contributed by atoms with Crippen LogP contribution < -0.4 is 16.0 Å². The van der Waals surface area contributed by atoms with Crippen LogP contribution in [0.4, 0.5) is 15.9 Å². The number of nitrogens with one attached hydrogen (secondary N) is 3. The summed E-state index contributed by atoms with van der Waals surface area (Å²) < 4.78 is 17.4. The minimum atomic E-state index is -1.02. The second-order valence-electron chi connectivity index (χ2n) is 13.6. The van der Waals surface area contributed by atoms with E-state index in [1.54, 1.807) is 48.0 Å². The van der Waals surface area contributed by atoms with Crippen molar-refractivity contribution in [1.82, 2.24) is 29.9 Å². The third-order valence-electron chi connectivity index (χ3n) is 10.2. The van der Waals surface area contributed by atoms with Gasteiger partial charge in [0.1, 0.15) is 23.6 Å². The lowest BCUT2D eigenvalue weighted by Crippen LogP contribution is -2.56. The standard InChI is InChI=1S/C38H51FN8O4/c1-4-33(48)44-35(38(51)46-22-20-45(21-23-46)25-29-14-10-11-18-40-29)26(3)28-15-16-31(30(39)24-28)42-36(49)34(27-12-8-6-7-9-13-27)37(50)43-32-17-19-41-47(32)5-2/h10-11,14-19,24,26-27,34-35H,4-9,12-13,20-23,25H2,1-3H3,(H,42,49)(H,43,50)(H,44,48)/t26-,34-,35+/m0/s1. The predicted octanol–water partition coefficient (Wildman–Crippen LogP) is 4.94. The Labute approximate surface area is 299 Å². The zero-order chi connectivity index (χ0) is 36.3. The number of rotatable bonds is 13. The molecule has 0 radical (unpaired) electrons. The lowest BCUT2D eigenvalue weighted by molar-refractivity contribution is -0.138. The Hall–Kier alpha value is -4.65. The van der Waals surface area contributed by atoms with Crippen LogP contribution in [0.3, 0.4) is 0 Å². The molecule has 12 nitrogen and oxygen atoms in total. The van der Waals surface area contributed by atoms with Crippen LogP contribution in [0.25, 0.3) is 0 Å². The highest BCUT2D eigenvalue weighted by Gasteiger charge is 2.37. The van der Waals surface area contributed by atoms with Gasteiger partial charge in [0.05, 0.1) is 17.6 Å². The summed E-state index contributed by atoms with van der Waals surface area (Å²) in [5.41, 5.74) is 1.41. The molecule has 1 aliphatic heterocycles. The number of anilines is 2. The van der Waals surface area contributed by atoms with E-state index in [1.807, 2.05) is 25.1 Å². The molecule has 1 saturated carbocycles. The zero-order valence-electron chi connectivity index (χ0n) is 29.9. The largest absolute Gasteiger partial charge is 0.344 e. The van der Waals surface area contributed by atoms with Gasteiger partial charge in [-0.2, -0.15) is 5.10 Å². The summed E-state index contributed by atoms with van der Waals surface area (Å²) in [6.45, 7) is 8.97. The number of pyridine rings is 1. The summed E-state index contributed by atoms with van der Waals surface area (Å²) in [5.74, 6) is -3.44. The van der Waals surface area contributed by atoms with Crippen molar-refractivity contribution >= 4 is 35.1 Å². The van der Waals surface area contributed by atoms with Gasteiger partial charge in [0, 0.05) is 63.9 Å². The Bertz CT molecular complexity index is 1630. The molecule has 0 bridgehead atoms. The fourth-order valence-corrected chi connectivity index (χ4v) is 7.13. The Morgan fingerprint density at radius 2 is 1.63 bits per heavy atom. The summed E-state index contributed by atoms with van der Waals surface area (Å²) in [5, 5.41) is 12.7. The van der Waals surface area contributed by atoms with Gasteiger partial charge in [0.2, 0.25) is 23.6 Å². The highest BCUT2D eigenvalue weighted by Crippen LogP contribution is 2.32. The third kappa shape index (κ3) is 9.78. The molecule has 0 spiro atoms. The number of hydrogen-bond acceptors (Lipinski definition) is 7. The van der Waals surface area contributed by atoms with Gasteiger partial charge in [-0.3, -0.25) is 29.1 Å². The number of piperazine rings is 1. The summed E-state index contributed by atoms with van der Waals surface area (Å²) in [6, 6.07) is 11.0. The van der Waals surface area contributed by atoms with E-state index in [9.17, 15) is 19.2 Å². The van der Waals surface area contributed by atoms with Crippen LogP contribution in [0.2, 0.25) is 0 Å². The lowest BCUT2D eigenvalue weighted by Gasteiger charge is -2.37. The summed E-state index contributed by atoms with van der Waals surface area (Å²) in [6.07, 6.45) is 8.96.